The summed E-state index contributed by atoms with van der Waals surface area (Å²) in [4.78, 5) is 0. The number of halogens is 1. The molecule has 28 heavy (non-hydrogen) atoms. The molecule has 156 valence electrons. The summed E-state index contributed by atoms with van der Waals surface area (Å²) >= 11 is 5.71. The molecule has 2 aromatic rings. The number of benzene rings is 2. The largest absolute Gasteiger partial charge is 0.494 e. The Bertz CT molecular complexity index is 681. The zero-order valence-corrected chi connectivity index (χ0v) is 18.7. The summed E-state index contributed by atoms with van der Waals surface area (Å²) in [6, 6.07) is 14.6. The molecule has 2 aromatic carbocycles. The predicted octanol–water partition coefficient (Wildman–Crippen LogP) is 6.12. The molecule has 2 rings (SSSR count). The highest BCUT2D eigenvalue weighted by Gasteiger charge is 2.23. The van der Waals surface area contributed by atoms with Gasteiger partial charge in [-0.05, 0) is 48.2 Å². The molecular weight excluding hydrogens is 372 g/mol. The van der Waals surface area contributed by atoms with Crippen LogP contribution in [0.1, 0.15) is 57.2 Å². The van der Waals surface area contributed by atoms with E-state index in [0.29, 0.717) is 25.5 Å². The highest BCUT2D eigenvalue weighted by atomic mass is 35.5. The monoisotopic (exact) mass is 406 g/mol. The van der Waals surface area contributed by atoms with Gasteiger partial charge in [0.2, 0.25) is 0 Å². The first-order valence-electron chi connectivity index (χ1n) is 10.1. The molecule has 4 heteroatoms. The Morgan fingerprint density at radius 3 is 2.07 bits per heavy atom. The van der Waals surface area contributed by atoms with Crippen molar-refractivity contribution in [3.8, 4) is 11.5 Å². The van der Waals surface area contributed by atoms with Crippen molar-refractivity contribution in [1.82, 2.24) is 0 Å². The summed E-state index contributed by atoms with van der Waals surface area (Å²) in [5.41, 5.74) is 3.48. The van der Waals surface area contributed by atoms with Crippen molar-refractivity contribution in [2.75, 3.05) is 25.7 Å². The van der Waals surface area contributed by atoms with Crippen molar-refractivity contribution >= 4 is 11.6 Å². The lowest BCUT2D eigenvalue weighted by Gasteiger charge is -2.27. The highest BCUT2D eigenvalue weighted by molar-refractivity contribution is 6.17. The van der Waals surface area contributed by atoms with E-state index >= 15 is 0 Å². The molecule has 0 atom stereocenters. The van der Waals surface area contributed by atoms with Crippen LogP contribution in [0.4, 0.5) is 0 Å². The zero-order valence-electron chi connectivity index (χ0n) is 17.9. The Morgan fingerprint density at radius 1 is 0.893 bits per heavy atom. The molecule has 0 aromatic heterocycles. The molecule has 0 bridgehead atoms. The molecule has 1 N–H and O–H groups in total. The quantitative estimate of drug-likeness (QED) is 0.381. The van der Waals surface area contributed by atoms with E-state index in [1.54, 1.807) is 0 Å². The number of rotatable bonds is 10. The Kier molecular flexibility index (Phi) is 11.0. The third kappa shape index (κ3) is 7.03. The number of hydrogen-bond donors (Lipinski definition) is 1. The summed E-state index contributed by atoms with van der Waals surface area (Å²) in [5, 5.41) is 8.83. The summed E-state index contributed by atoms with van der Waals surface area (Å²) in [7, 11) is 0. The van der Waals surface area contributed by atoms with E-state index in [4.69, 9.17) is 26.2 Å². The van der Waals surface area contributed by atoms with Crippen molar-refractivity contribution < 1.29 is 14.6 Å². The summed E-state index contributed by atoms with van der Waals surface area (Å²) in [6.07, 6.45) is 1.49. The lowest BCUT2D eigenvalue weighted by Crippen LogP contribution is -2.19. The zero-order chi connectivity index (χ0) is 21.0. The van der Waals surface area contributed by atoms with Gasteiger partial charge in [0.25, 0.3) is 0 Å². The van der Waals surface area contributed by atoms with Crippen molar-refractivity contribution in [2.45, 2.75) is 52.9 Å². The van der Waals surface area contributed by atoms with Gasteiger partial charge in [-0.3, -0.25) is 0 Å². The lowest BCUT2D eigenvalue weighted by atomic mass is 9.77. The first-order valence-corrected chi connectivity index (χ1v) is 10.7. The number of ether oxygens (including phenoxy) is 2. The molecule has 0 aliphatic rings. The molecule has 0 saturated heterocycles. The molecule has 0 aliphatic heterocycles. The fraction of sp³-hybridized carbons (Fsp3) is 0.500. The van der Waals surface area contributed by atoms with Crippen LogP contribution in [-0.4, -0.2) is 30.8 Å². The second-order valence-electron chi connectivity index (χ2n) is 6.95. The average Bonchev–Trinajstić information content (AvgIpc) is 2.71. The van der Waals surface area contributed by atoms with Gasteiger partial charge in [-0.1, -0.05) is 52.0 Å². The summed E-state index contributed by atoms with van der Waals surface area (Å²) in [5.74, 6) is 2.36. The number of alkyl halides is 1. The Balaban J connectivity index is 0.00000190. The normalized spacial score (nSPS) is 10.8. The van der Waals surface area contributed by atoms with Crippen LogP contribution < -0.4 is 9.47 Å². The van der Waals surface area contributed by atoms with Crippen LogP contribution in [0.15, 0.2) is 42.5 Å². The molecule has 0 unspecified atom stereocenters. The van der Waals surface area contributed by atoms with Gasteiger partial charge >= 0.3 is 0 Å². The fourth-order valence-electron chi connectivity index (χ4n) is 2.83. The van der Waals surface area contributed by atoms with Gasteiger partial charge in [-0.25, -0.2) is 0 Å². The number of aliphatic hydroxyl groups excluding tert-OH is 1. The predicted molar refractivity (Wildman–Crippen MR) is 119 cm³/mol. The Hall–Kier alpha value is -1.71. The van der Waals surface area contributed by atoms with Crippen molar-refractivity contribution in [3.05, 3.63) is 59.2 Å². The van der Waals surface area contributed by atoms with Crippen LogP contribution in [0.2, 0.25) is 0 Å². The molecular formula is C24H35ClO3. The molecule has 0 fully saturated rings. The topological polar surface area (TPSA) is 38.7 Å². The third-order valence-corrected chi connectivity index (χ3v) is 4.85. The molecule has 0 radical (unpaired) electrons. The van der Waals surface area contributed by atoms with Crippen LogP contribution in [0.3, 0.4) is 0 Å². The van der Waals surface area contributed by atoms with Crippen LogP contribution >= 0.6 is 11.6 Å². The molecule has 0 heterocycles. The SMILES string of the molecule is CC.Cc1cc(C(C)(C)c2ccc(OCCCO)cc2)ccc1OCCCCl. The van der Waals surface area contributed by atoms with E-state index < -0.39 is 0 Å². The van der Waals surface area contributed by atoms with Gasteiger partial charge in [-0.15, -0.1) is 11.6 Å². The van der Waals surface area contributed by atoms with E-state index in [9.17, 15) is 0 Å². The lowest BCUT2D eigenvalue weighted by molar-refractivity contribution is 0.233. The van der Waals surface area contributed by atoms with E-state index in [-0.39, 0.29) is 12.0 Å². The fourth-order valence-corrected chi connectivity index (χ4v) is 2.93. The van der Waals surface area contributed by atoms with Gasteiger partial charge < -0.3 is 14.6 Å². The van der Waals surface area contributed by atoms with Crippen LogP contribution in [0.5, 0.6) is 11.5 Å². The highest BCUT2D eigenvalue weighted by Crippen LogP contribution is 2.34. The maximum absolute atomic E-state index is 8.83. The Morgan fingerprint density at radius 2 is 1.50 bits per heavy atom. The molecule has 0 amide bonds. The number of hydrogen-bond acceptors (Lipinski definition) is 3. The third-order valence-electron chi connectivity index (χ3n) is 4.58. The van der Waals surface area contributed by atoms with Crippen LogP contribution in [-0.2, 0) is 5.41 Å². The minimum atomic E-state index is -0.122. The van der Waals surface area contributed by atoms with Crippen molar-refractivity contribution in [2.24, 2.45) is 0 Å². The van der Waals surface area contributed by atoms with E-state index in [1.165, 1.54) is 11.1 Å². The first-order chi connectivity index (χ1) is 13.5. The number of aliphatic hydroxyl groups is 1. The van der Waals surface area contributed by atoms with Gasteiger partial charge in [0, 0.05) is 24.3 Å². The van der Waals surface area contributed by atoms with Crippen LogP contribution in [0.25, 0.3) is 0 Å². The maximum atomic E-state index is 8.83. The average molecular weight is 407 g/mol. The van der Waals surface area contributed by atoms with Gasteiger partial charge in [0.1, 0.15) is 11.5 Å². The van der Waals surface area contributed by atoms with Crippen molar-refractivity contribution in [3.63, 3.8) is 0 Å². The first kappa shape index (κ1) is 24.3. The second kappa shape index (κ2) is 12.7. The Labute approximate surface area is 175 Å². The molecule has 0 spiro atoms. The summed E-state index contributed by atoms with van der Waals surface area (Å²) < 4.78 is 11.4. The van der Waals surface area contributed by atoms with Gasteiger partial charge in [-0.2, -0.15) is 0 Å². The number of aryl methyl sites for hydroxylation is 1. The standard InChI is InChI=1S/C22H29ClO3.C2H6/c1-17-16-19(8-11-21(17)26-14-4-12-23)22(2,3)18-6-9-20(10-7-18)25-15-5-13-24;1-2/h6-11,16,24H,4-5,12-15H2,1-3H3;1-2H3. The van der Waals surface area contributed by atoms with Gasteiger partial charge in [0.05, 0.1) is 13.2 Å². The van der Waals surface area contributed by atoms with E-state index in [2.05, 4.69) is 45.0 Å². The molecule has 0 aliphatic carbocycles. The smallest absolute Gasteiger partial charge is 0.122 e. The van der Waals surface area contributed by atoms with E-state index in [0.717, 1.165) is 23.5 Å². The summed E-state index contributed by atoms with van der Waals surface area (Å²) in [6.45, 7) is 11.8. The second-order valence-corrected chi connectivity index (χ2v) is 7.32. The van der Waals surface area contributed by atoms with E-state index in [1.807, 2.05) is 32.0 Å². The minimum absolute atomic E-state index is 0.122. The molecule has 3 nitrogen and oxygen atoms in total. The molecule has 0 saturated carbocycles. The maximum Gasteiger partial charge on any atom is 0.122 e. The van der Waals surface area contributed by atoms with Crippen LogP contribution in [0, 0.1) is 6.92 Å². The van der Waals surface area contributed by atoms with Gasteiger partial charge in [0.15, 0.2) is 0 Å². The minimum Gasteiger partial charge on any atom is -0.494 e. The van der Waals surface area contributed by atoms with Crippen molar-refractivity contribution in [1.29, 1.82) is 0 Å².